The lowest BCUT2D eigenvalue weighted by Gasteiger charge is -2.54. The molecule has 0 aromatic heterocycles. The average Bonchev–Trinajstić information content (AvgIpc) is 0.845. The normalized spacial score (nSPS) is 33.1. The van der Waals surface area contributed by atoms with Crippen molar-refractivity contribution in [1.29, 1.82) is 5.26 Å². The minimum absolute atomic E-state index is 0.0427. The molecule has 23 heteroatoms. The highest BCUT2D eigenvalue weighted by Gasteiger charge is 2.64. The lowest BCUT2D eigenvalue weighted by atomic mass is 9.91. The summed E-state index contributed by atoms with van der Waals surface area (Å²) in [5.74, 6) is -3.09. The Balaban J connectivity index is 0.917. The van der Waals surface area contributed by atoms with Gasteiger partial charge < -0.3 is 99.8 Å². The summed E-state index contributed by atoms with van der Waals surface area (Å²) in [4.78, 5) is 15.3. The van der Waals surface area contributed by atoms with Crippen LogP contribution >= 0.6 is 0 Å². The molecule has 7 aliphatic rings. The summed E-state index contributed by atoms with van der Waals surface area (Å²) in [6.07, 6.45) is -26.7. The van der Waals surface area contributed by atoms with E-state index in [0.29, 0.717) is 11.1 Å². The third-order valence-electron chi connectivity index (χ3n) is 20.1. The highest BCUT2D eigenvalue weighted by atomic mass is 16.8. The molecule has 0 amide bonds. The number of carbonyl (C=O) groups excluding carboxylic acids is 1. The van der Waals surface area contributed by atoms with Gasteiger partial charge in [-0.25, -0.2) is 0 Å². The predicted octanol–water partition coefficient (Wildman–Crippen LogP) is 10.8. The van der Waals surface area contributed by atoms with Crippen LogP contribution in [0.25, 0.3) is 0 Å². The lowest BCUT2D eigenvalue weighted by Crippen LogP contribution is -2.71. The first kappa shape index (κ1) is 76.5. The Kier molecular flexibility index (Phi) is 25.1. The highest BCUT2D eigenvalue weighted by molar-refractivity contribution is 5.74. The van der Waals surface area contributed by atoms with Crippen LogP contribution in [0.3, 0.4) is 0 Å². The molecule has 14 rings (SSSR count). The number of aliphatic hydroxyl groups is 1. The van der Waals surface area contributed by atoms with Gasteiger partial charge in [0, 0.05) is 12.7 Å². The molecule has 2 unspecified atom stereocenters. The summed E-state index contributed by atoms with van der Waals surface area (Å²) in [6, 6.07) is 66.7. The second-order valence-electron chi connectivity index (χ2n) is 28.8. The highest BCUT2D eigenvalue weighted by Crippen LogP contribution is 2.47. The number of rotatable bonds is 29. The van der Waals surface area contributed by atoms with Crippen LogP contribution < -0.4 is 0 Å². The summed E-state index contributed by atoms with van der Waals surface area (Å²) in [6.45, 7) is 11.0. The number of carbonyl (C=O) groups is 1. The molecule has 23 atom stereocenters. The second kappa shape index (κ2) is 35.2. The molecule has 23 nitrogen and oxygen atoms in total. The van der Waals surface area contributed by atoms with E-state index in [9.17, 15) is 10.4 Å². The zero-order valence-corrected chi connectivity index (χ0v) is 61.0. The fraction of sp³-hybridized carbons (Fsp3) is 0.476. The number of fused-ring (bicyclic) bond motifs is 3. The second-order valence-corrected chi connectivity index (χ2v) is 28.8. The molecule has 7 aromatic carbocycles. The fourth-order valence-electron chi connectivity index (χ4n) is 15.0. The maximum absolute atomic E-state index is 15.3. The van der Waals surface area contributed by atoms with Crippen LogP contribution in [0.5, 0.6) is 0 Å². The number of nitrogens with zero attached hydrogens (tertiary/aromatic N) is 1. The van der Waals surface area contributed by atoms with E-state index in [0.717, 1.165) is 27.8 Å². The van der Waals surface area contributed by atoms with Gasteiger partial charge in [-0.1, -0.05) is 200 Å². The summed E-state index contributed by atoms with van der Waals surface area (Å²) < 4.78 is 140. The van der Waals surface area contributed by atoms with Crippen LogP contribution in [0.15, 0.2) is 206 Å². The number of hydrogen-bond acceptors (Lipinski definition) is 23. The van der Waals surface area contributed by atoms with Crippen LogP contribution in [0.4, 0.5) is 0 Å². The maximum atomic E-state index is 15.3. The molecule has 0 saturated carbocycles. The predicted molar refractivity (Wildman–Crippen MR) is 382 cm³/mol. The largest absolute Gasteiger partial charge is 0.456 e. The molecule has 107 heavy (non-hydrogen) atoms. The quantitative estimate of drug-likeness (QED) is 0.0428. The zero-order chi connectivity index (χ0) is 74.0. The van der Waals surface area contributed by atoms with E-state index in [4.69, 9.17) is 94.7 Å². The van der Waals surface area contributed by atoms with Crippen molar-refractivity contribution >= 4 is 5.97 Å². The van der Waals surface area contributed by atoms with E-state index < -0.39 is 165 Å². The molecule has 0 radical (unpaired) electrons. The van der Waals surface area contributed by atoms with Gasteiger partial charge in [0.25, 0.3) is 0 Å². The van der Waals surface area contributed by atoms with Gasteiger partial charge in [-0.2, -0.15) is 5.26 Å². The molecule has 0 aliphatic carbocycles. The Labute approximate surface area is 624 Å². The van der Waals surface area contributed by atoms with Crippen molar-refractivity contribution in [2.24, 2.45) is 0 Å². The van der Waals surface area contributed by atoms with E-state index >= 15 is 4.79 Å². The molecular weight excluding hydrogens is 1370 g/mol. The molecule has 568 valence electrons. The summed E-state index contributed by atoms with van der Waals surface area (Å²) in [5.41, 5.74) is 5.53. The monoisotopic (exact) mass is 1470 g/mol. The van der Waals surface area contributed by atoms with Gasteiger partial charge in [0.1, 0.15) is 91.6 Å². The first-order valence-electron chi connectivity index (χ1n) is 36.8. The van der Waals surface area contributed by atoms with Crippen molar-refractivity contribution in [1.82, 2.24) is 0 Å². The third kappa shape index (κ3) is 18.6. The Morgan fingerprint density at radius 3 is 1.47 bits per heavy atom. The molecule has 7 heterocycles. The van der Waals surface area contributed by atoms with E-state index in [1.165, 1.54) is 7.11 Å². The zero-order valence-electron chi connectivity index (χ0n) is 61.0. The number of esters is 1. The fourth-order valence-corrected chi connectivity index (χ4v) is 15.0. The van der Waals surface area contributed by atoms with Crippen molar-refractivity contribution in [3.8, 4) is 6.07 Å². The third-order valence-corrected chi connectivity index (χ3v) is 20.1. The number of methoxy groups -OCH3 is 1. The molecule has 7 aliphatic heterocycles. The Hall–Kier alpha value is -7.30. The molecule has 7 saturated heterocycles. The van der Waals surface area contributed by atoms with Crippen LogP contribution in [0.1, 0.15) is 92.3 Å². The molecule has 7 aromatic rings. The Morgan fingerprint density at radius 2 is 0.897 bits per heavy atom. The number of nitriles is 1. The van der Waals surface area contributed by atoms with Gasteiger partial charge >= 0.3 is 5.97 Å². The van der Waals surface area contributed by atoms with Crippen LogP contribution in [0, 0.1) is 11.3 Å². The van der Waals surface area contributed by atoms with Crippen molar-refractivity contribution in [2.45, 2.75) is 234 Å². The first-order chi connectivity index (χ1) is 52.0. The minimum Gasteiger partial charge on any atom is -0.456 e. The van der Waals surface area contributed by atoms with Gasteiger partial charge in [-0.05, 0) is 81.0 Å². The van der Waals surface area contributed by atoms with Gasteiger partial charge in [-0.15, -0.1) is 0 Å². The van der Waals surface area contributed by atoms with Gasteiger partial charge in [-0.3, -0.25) is 4.79 Å². The molecule has 0 bridgehead atoms. The van der Waals surface area contributed by atoms with Crippen LogP contribution in [-0.4, -0.2) is 178 Å². The average molecular weight is 1470 g/mol. The molecule has 1 N–H and O–H groups in total. The molecule has 7 fully saturated rings. The van der Waals surface area contributed by atoms with Crippen LogP contribution in [-0.2, 0) is 139 Å². The van der Waals surface area contributed by atoms with E-state index in [2.05, 4.69) is 6.07 Å². The lowest BCUT2D eigenvalue weighted by molar-refractivity contribution is -0.424. The van der Waals surface area contributed by atoms with Gasteiger partial charge in [0.2, 0.25) is 0 Å². The summed E-state index contributed by atoms with van der Waals surface area (Å²) in [7, 11) is 1.53. The van der Waals surface area contributed by atoms with Crippen molar-refractivity contribution in [3.05, 3.63) is 251 Å². The topological polar surface area (TPSA) is 246 Å². The first-order valence-corrected chi connectivity index (χ1v) is 36.8. The Morgan fingerprint density at radius 1 is 0.449 bits per heavy atom. The smallest absolute Gasteiger partial charge is 0.310 e. The van der Waals surface area contributed by atoms with E-state index in [1.807, 2.05) is 210 Å². The van der Waals surface area contributed by atoms with Gasteiger partial charge in [0.05, 0.1) is 76.5 Å². The van der Waals surface area contributed by atoms with Gasteiger partial charge in [0.15, 0.2) is 49.1 Å². The minimum atomic E-state index is -1.65. The van der Waals surface area contributed by atoms with Crippen molar-refractivity contribution in [2.75, 3.05) is 20.3 Å². The van der Waals surface area contributed by atoms with Crippen molar-refractivity contribution in [3.63, 3.8) is 0 Å². The number of ether oxygens (including phenoxy) is 20. The summed E-state index contributed by atoms with van der Waals surface area (Å²) >= 11 is 0. The maximum Gasteiger partial charge on any atom is 0.310 e. The Bertz CT molecular complexity index is 3960. The van der Waals surface area contributed by atoms with Crippen molar-refractivity contribution < 1.29 is 105 Å². The SMILES string of the molecule is CO[C@@H]1O[C@@H](C)[C@H](O[C@@H]2O[C@H](C(O)COCc3ccccc3)[C@@H](OC(=O)Cc3ccccc3C#N)[C@H](O[C@@H]3O[C@H]4[C@@H](OC(c5ccccc5)O[C@@H]4COCc4ccccc4)[C@H](O[C@@H]4O[C@@H](C)[C@H](OCc5ccccc5)[C@H]5OC(C)(C)O[C@@H]45)[C@@H]3OCc3ccccc3)[C@@H]2OCc2ccccc2)[C@H]2OC(C)(C)O[C@@H]12. The van der Waals surface area contributed by atoms with E-state index in [1.54, 1.807) is 38.1 Å². The van der Waals surface area contributed by atoms with Crippen LogP contribution in [0.2, 0.25) is 0 Å². The van der Waals surface area contributed by atoms with E-state index in [-0.39, 0.29) is 51.8 Å². The summed E-state index contributed by atoms with van der Waals surface area (Å²) in [5, 5.41) is 23.5. The number of benzene rings is 7. The molecule has 0 spiro atoms. The molecular formula is C84H95NO22. The number of aliphatic hydroxyl groups excluding tert-OH is 1. The number of hydrogen-bond donors (Lipinski definition) is 1. The standard InChI is InChI=1S/C84H95NO22/c1-51-64(91-46-55-32-18-10-19-33-55)72-77(107-83(3,4)104-72)82(95-51)103-71-69-67(62(50-90-45-54-30-16-9-17-31-54)96-78(101-69)58-38-24-13-25-39-58)100-81(75(71)93-48-57-36-22-12-23-37-57)102-70-68(97-63(87)42-59-40-26-27-41-60(59)43-85)66(61(86)49-89-44-53-28-14-8-15-29-53)99-80(74(70)92-47-56-34-20-11-21-35-56)98-65-52(2)94-79(88-7)76-73(65)105-84(5,6)106-76/h8-41,51-52,61-62,64-82,86H,42,44-50H2,1-7H3/t51-,52-,61?,62+,64-,65-,66+,67+,68+,69+,70-,71-,72+,73+,74-,75-,76+,77+,78?,79+,80+,81-,82-/m0/s1.